The van der Waals surface area contributed by atoms with E-state index in [0.717, 1.165) is 11.4 Å². The lowest BCUT2D eigenvalue weighted by atomic mass is 9.59. The third kappa shape index (κ3) is 5.04. The van der Waals surface area contributed by atoms with Crippen molar-refractivity contribution in [2.75, 3.05) is 4.90 Å². The van der Waals surface area contributed by atoms with Gasteiger partial charge in [-0.05, 0) is 131 Å². The van der Waals surface area contributed by atoms with Crippen LogP contribution in [-0.4, -0.2) is 12.6 Å². The molecular formula is C64H48N2Si. The van der Waals surface area contributed by atoms with Crippen LogP contribution in [0.15, 0.2) is 218 Å². The second-order valence-electron chi connectivity index (χ2n) is 20.0. The van der Waals surface area contributed by atoms with Gasteiger partial charge in [0, 0.05) is 38.9 Å². The number of hydrogen-bond donors (Lipinski definition) is 0. The fourth-order valence-corrected chi connectivity index (χ4v) is 16.3. The smallest absolute Gasteiger partial charge is 0.113 e. The summed E-state index contributed by atoms with van der Waals surface area (Å²) in [4.78, 5) is 2.49. The van der Waals surface area contributed by atoms with Gasteiger partial charge in [-0.3, -0.25) is 0 Å². The molecule has 14 rings (SSSR count). The summed E-state index contributed by atoms with van der Waals surface area (Å²) in [5, 5.41) is 8.14. The van der Waals surface area contributed by atoms with Crippen LogP contribution in [0.3, 0.4) is 0 Å². The van der Waals surface area contributed by atoms with Gasteiger partial charge in [-0.15, -0.1) is 0 Å². The second-order valence-corrected chi connectivity index (χ2v) is 24.4. The van der Waals surface area contributed by atoms with E-state index < -0.39 is 13.5 Å². The average Bonchev–Trinajstić information content (AvgIpc) is 3.82. The van der Waals surface area contributed by atoms with Crippen molar-refractivity contribution in [3.63, 3.8) is 0 Å². The monoisotopic (exact) mass is 872 g/mol. The van der Waals surface area contributed by atoms with E-state index in [0.29, 0.717) is 0 Å². The summed E-state index contributed by atoms with van der Waals surface area (Å²) in [5.41, 5.74) is 20.1. The van der Waals surface area contributed by atoms with Crippen molar-refractivity contribution in [3.8, 4) is 27.9 Å². The molecular weight excluding hydrogens is 825 g/mol. The first-order chi connectivity index (χ1) is 32.8. The first kappa shape index (κ1) is 38.5. The highest BCUT2D eigenvalue weighted by Gasteiger charge is 2.52. The molecule has 0 N–H and O–H groups in total. The molecule has 0 saturated heterocycles. The van der Waals surface area contributed by atoms with Gasteiger partial charge < -0.3 is 9.47 Å². The van der Waals surface area contributed by atoms with E-state index in [2.05, 4.69) is 255 Å². The van der Waals surface area contributed by atoms with Gasteiger partial charge in [-0.1, -0.05) is 191 Å². The maximum atomic E-state index is 2.58. The summed E-state index contributed by atoms with van der Waals surface area (Å²) in [6.45, 7) is 9.85. The highest BCUT2D eigenvalue weighted by atomic mass is 28.3. The van der Waals surface area contributed by atoms with Crippen LogP contribution in [0.4, 0.5) is 17.1 Å². The van der Waals surface area contributed by atoms with Crippen LogP contribution in [0.2, 0.25) is 13.1 Å². The Bertz CT molecular complexity index is 3890. The number of para-hydroxylation sites is 2. The van der Waals surface area contributed by atoms with Crippen molar-refractivity contribution >= 4 is 68.1 Å². The lowest BCUT2D eigenvalue weighted by molar-refractivity contribution is 0.660. The summed E-state index contributed by atoms with van der Waals surface area (Å²) in [5.74, 6) is 0. The summed E-state index contributed by atoms with van der Waals surface area (Å²) in [6.07, 6.45) is 0. The molecule has 1 spiro atoms. The normalized spacial score (nSPS) is 16.7. The number of hydrogen-bond acceptors (Lipinski definition) is 1. The van der Waals surface area contributed by atoms with Crippen molar-refractivity contribution in [2.24, 2.45) is 0 Å². The van der Waals surface area contributed by atoms with Gasteiger partial charge in [0.2, 0.25) is 0 Å². The van der Waals surface area contributed by atoms with Crippen LogP contribution >= 0.6 is 0 Å². The van der Waals surface area contributed by atoms with Crippen LogP contribution in [-0.2, 0) is 10.8 Å². The average molecular weight is 873 g/mol. The maximum absolute atomic E-state index is 2.58. The molecule has 67 heavy (non-hydrogen) atoms. The van der Waals surface area contributed by atoms with Crippen molar-refractivity contribution in [2.45, 2.75) is 37.8 Å². The number of nitrogens with zero attached hydrogens (tertiary/aromatic N) is 2. The minimum atomic E-state index is -2.31. The SMILES string of the molecule is CC1(C)c2ccccc2-c2cc(-n3c4ccccc4c4ccc(N(c5ccccc5)c5ccc6c(c5)[Si](C)(C)c5ccccc5C65c6ccccc6-c6cccc7cccc5c67)cc43)ccc21. The number of fused-ring (bicyclic) bond motifs is 14. The van der Waals surface area contributed by atoms with E-state index in [1.807, 2.05) is 0 Å². The number of anilines is 3. The van der Waals surface area contributed by atoms with Gasteiger partial charge >= 0.3 is 0 Å². The minimum absolute atomic E-state index is 0.0547. The first-order valence-electron chi connectivity index (χ1n) is 23.8. The molecule has 3 heteroatoms. The maximum Gasteiger partial charge on any atom is 0.113 e. The van der Waals surface area contributed by atoms with Crippen LogP contribution in [0, 0.1) is 0 Å². The number of rotatable bonds is 4. The zero-order valence-electron chi connectivity index (χ0n) is 38.2. The molecule has 10 aromatic carbocycles. The Hall–Kier alpha value is -7.72. The lowest BCUT2D eigenvalue weighted by Crippen LogP contribution is -2.63. The zero-order chi connectivity index (χ0) is 44.8. The molecule has 11 aromatic rings. The molecule has 0 radical (unpaired) electrons. The van der Waals surface area contributed by atoms with Crippen LogP contribution in [0.5, 0.6) is 0 Å². The van der Waals surface area contributed by atoms with Crippen LogP contribution in [0.25, 0.3) is 60.5 Å². The fourth-order valence-electron chi connectivity index (χ4n) is 13.1. The Kier molecular flexibility index (Phi) is 7.86. The molecule has 0 amide bonds. The summed E-state index contributed by atoms with van der Waals surface area (Å²) < 4.78 is 2.49. The van der Waals surface area contributed by atoms with Gasteiger partial charge in [0.25, 0.3) is 0 Å². The van der Waals surface area contributed by atoms with Crippen LogP contribution < -0.4 is 15.3 Å². The topological polar surface area (TPSA) is 8.17 Å². The van der Waals surface area contributed by atoms with E-state index in [4.69, 9.17) is 0 Å². The Morgan fingerprint density at radius 2 is 0.970 bits per heavy atom. The Labute approximate surface area is 393 Å². The molecule has 1 atom stereocenters. The highest BCUT2D eigenvalue weighted by molar-refractivity contribution is 7.01. The van der Waals surface area contributed by atoms with Gasteiger partial charge in [-0.2, -0.15) is 0 Å². The molecule has 0 bridgehead atoms. The standard InChI is InChI=1S/C64H48N2Si/c1-63(2)52-26-11-8-23-47(52)51-38-43(33-36-53(51)63)66-58-30-14-10-24-48(58)49-35-32-44(39-59(49)66)65(42-20-6-5-7-21-42)45-34-37-56-61(40-45)67(3,4)60-31-15-13-28-55(60)64(56)54-27-12-9-22-46(54)50-25-16-18-41-19-17-29-57(64)62(41)50/h5-40H,1-4H3. The summed E-state index contributed by atoms with van der Waals surface area (Å²) >= 11 is 0. The fraction of sp³-hybridized carbons (Fsp3) is 0.0938. The zero-order valence-corrected chi connectivity index (χ0v) is 39.2. The summed E-state index contributed by atoms with van der Waals surface area (Å²) in [7, 11) is -2.31. The van der Waals surface area contributed by atoms with Crippen molar-refractivity contribution in [3.05, 3.63) is 252 Å². The van der Waals surface area contributed by atoms with E-state index in [9.17, 15) is 0 Å². The van der Waals surface area contributed by atoms with Gasteiger partial charge in [0.15, 0.2) is 0 Å². The Morgan fingerprint density at radius 1 is 0.388 bits per heavy atom. The Balaban J connectivity index is 1.01. The molecule has 2 heterocycles. The minimum Gasteiger partial charge on any atom is -0.310 e. The number of aromatic nitrogens is 1. The van der Waals surface area contributed by atoms with E-state index in [1.165, 1.54) is 110 Å². The van der Waals surface area contributed by atoms with Gasteiger partial charge in [0.1, 0.15) is 8.07 Å². The van der Waals surface area contributed by atoms with Gasteiger partial charge in [-0.25, -0.2) is 0 Å². The van der Waals surface area contributed by atoms with E-state index in [1.54, 1.807) is 0 Å². The summed E-state index contributed by atoms with van der Waals surface area (Å²) in [6, 6.07) is 83.1. The predicted molar refractivity (Wildman–Crippen MR) is 285 cm³/mol. The first-order valence-corrected chi connectivity index (χ1v) is 26.8. The lowest BCUT2D eigenvalue weighted by Gasteiger charge is -2.50. The van der Waals surface area contributed by atoms with Crippen molar-refractivity contribution in [1.82, 2.24) is 4.57 Å². The molecule has 1 aliphatic heterocycles. The molecule has 2 aliphatic carbocycles. The van der Waals surface area contributed by atoms with Crippen molar-refractivity contribution in [1.29, 1.82) is 0 Å². The predicted octanol–water partition coefficient (Wildman–Crippen LogP) is 15.2. The molecule has 0 fully saturated rings. The van der Waals surface area contributed by atoms with Crippen molar-refractivity contribution < 1.29 is 0 Å². The van der Waals surface area contributed by atoms with E-state index >= 15 is 0 Å². The molecule has 3 aliphatic rings. The van der Waals surface area contributed by atoms with Crippen LogP contribution in [0.1, 0.15) is 47.2 Å². The molecule has 0 saturated carbocycles. The largest absolute Gasteiger partial charge is 0.310 e. The quantitative estimate of drug-likeness (QED) is 0.160. The third-order valence-corrected chi connectivity index (χ3v) is 19.6. The third-order valence-electron chi connectivity index (χ3n) is 16.0. The van der Waals surface area contributed by atoms with Gasteiger partial charge in [0.05, 0.1) is 16.4 Å². The highest BCUT2D eigenvalue weighted by Crippen LogP contribution is 2.57. The molecule has 1 unspecified atom stereocenters. The molecule has 1 aromatic heterocycles. The molecule has 2 nitrogen and oxygen atoms in total. The number of benzene rings is 10. The Morgan fingerprint density at radius 3 is 1.81 bits per heavy atom. The second kappa shape index (κ2) is 13.7. The van der Waals surface area contributed by atoms with E-state index in [-0.39, 0.29) is 5.41 Å². The molecule has 318 valence electrons.